The van der Waals surface area contributed by atoms with E-state index in [-0.39, 0.29) is 22.6 Å². The fourth-order valence-corrected chi connectivity index (χ4v) is 4.28. The second-order valence-corrected chi connectivity index (χ2v) is 8.53. The number of carbonyl (C=O) groups is 1. The molecule has 0 saturated carbocycles. The number of amides is 1. The number of nitrogens with zero attached hydrogens (tertiary/aromatic N) is 1. The molecule has 1 saturated heterocycles. The second-order valence-electron chi connectivity index (χ2n) is 8.53. The van der Waals surface area contributed by atoms with Crippen LogP contribution in [0.4, 0.5) is 27.6 Å². The third-order valence-electron chi connectivity index (χ3n) is 6.51. The maximum absolute atomic E-state index is 14.3. The maximum Gasteiger partial charge on any atom is 0.417 e. The molecular weight excluding hydrogens is 479 g/mol. The van der Waals surface area contributed by atoms with Gasteiger partial charge in [-0.2, -0.15) is 13.2 Å². The second kappa shape index (κ2) is 9.67. The van der Waals surface area contributed by atoms with Crippen molar-refractivity contribution in [1.82, 2.24) is 4.98 Å². The molecule has 2 heterocycles. The SMILES string of the molecule is COc1c([C@@H]2[C@@H](C(=O)Nc3cc([C@H](O)CO)ncc3F)O[C@](C)(C(F)(F)F)[C@@H]2C)ccc(F)c1C. The molecule has 7 nitrogen and oxygen atoms in total. The van der Waals surface area contributed by atoms with Crippen molar-refractivity contribution in [3.05, 3.63) is 52.9 Å². The van der Waals surface area contributed by atoms with E-state index < -0.39 is 65.7 Å². The molecule has 1 aliphatic heterocycles. The molecule has 0 bridgehead atoms. The summed E-state index contributed by atoms with van der Waals surface area (Å²) in [6, 6.07) is 3.24. The number of aliphatic hydroxyl groups is 2. The Hall–Kier alpha value is -2.83. The average molecular weight is 504 g/mol. The molecule has 12 heteroatoms. The highest BCUT2D eigenvalue weighted by Gasteiger charge is 2.65. The molecule has 0 radical (unpaired) electrons. The number of hydrogen-bond acceptors (Lipinski definition) is 6. The zero-order chi connectivity index (χ0) is 26.3. The summed E-state index contributed by atoms with van der Waals surface area (Å²) in [5.41, 5.74) is -3.25. The van der Waals surface area contributed by atoms with E-state index in [0.717, 1.165) is 19.1 Å². The number of ether oxygens (including phenoxy) is 2. The predicted molar refractivity (Wildman–Crippen MR) is 114 cm³/mol. The topological polar surface area (TPSA) is 101 Å². The summed E-state index contributed by atoms with van der Waals surface area (Å²) >= 11 is 0. The van der Waals surface area contributed by atoms with E-state index in [1.165, 1.54) is 27.0 Å². The number of benzene rings is 1. The molecule has 1 aromatic carbocycles. The minimum Gasteiger partial charge on any atom is -0.496 e. The summed E-state index contributed by atoms with van der Waals surface area (Å²) < 4.78 is 81.2. The van der Waals surface area contributed by atoms with Crippen LogP contribution in [0.3, 0.4) is 0 Å². The Bertz CT molecular complexity index is 1110. The molecule has 35 heavy (non-hydrogen) atoms. The van der Waals surface area contributed by atoms with Gasteiger partial charge < -0.3 is 25.0 Å². The first-order valence-electron chi connectivity index (χ1n) is 10.6. The Balaban J connectivity index is 2.08. The molecule has 1 amide bonds. The van der Waals surface area contributed by atoms with E-state index in [9.17, 15) is 31.9 Å². The van der Waals surface area contributed by atoms with E-state index in [4.69, 9.17) is 14.6 Å². The van der Waals surface area contributed by atoms with E-state index in [1.54, 1.807) is 0 Å². The van der Waals surface area contributed by atoms with Crippen molar-refractivity contribution in [3.63, 3.8) is 0 Å². The maximum atomic E-state index is 14.3. The van der Waals surface area contributed by atoms with E-state index in [1.807, 2.05) is 0 Å². The normalized spacial score (nSPS) is 25.4. The minimum absolute atomic E-state index is 0.0295. The molecular formula is C23H25F5N2O5. The quantitative estimate of drug-likeness (QED) is 0.518. The summed E-state index contributed by atoms with van der Waals surface area (Å²) in [5, 5.41) is 21.0. The van der Waals surface area contributed by atoms with Crippen LogP contribution in [0.1, 0.15) is 42.7 Å². The number of aromatic nitrogens is 1. The first kappa shape index (κ1) is 26.8. The van der Waals surface area contributed by atoms with Gasteiger partial charge in [-0.1, -0.05) is 13.0 Å². The van der Waals surface area contributed by atoms with Crippen LogP contribution in [-0.4, -0.2) is 52.7 Å². The molecule has 0 aliphatic carbocycles. The van der Waals surface area contributed by atoms with Crippen molar-refractivity contribution in [2.45, 2.75) is 50.7 Å². The van der Waals surface area contributed by atoms with Crippen molar-refractivity contribution in [2.24, 2.45) is 5.92 Å². The Morgan fingerprint density at radius 1 is 1.31 bits per heavy atom. The summed E-state index contributed by atoms with van der Waals surface area (Å²) in [7, 11) is 1.23. The van der Waals surface area contributed by atoms with Gasteiger partial charge in [0.2, 0.25) is 0 Å². The van der Waals surface area contributed by atoms with Crippen LogP contribution in [-0.2, 0) is 9.53 Å². The lowest BCUT2D eigenvalue weighted by atomic mass is 9.76. The van der Waals surface area contributed by atoms with Gasteiger partial charge in [-0.25, -0.2) is 8.78 Å². The molecule has 2 aromatic rings. The van der Waals surface area contributed by atoms with Gasteiger partial charge in [-0.3, -0.25) is 9.78 Å². The molecule has 1 fully saturated rings. The number of alkyl halides is 3. The fourth-order valence-electron chi connectivity index (χ4n) is 4.28. The van der Waals surface area contributed by atoms with E-state index in [0.29, 0.717) is 6.20 Å². The van der Waals surface area contributed by atoms with Gasteiger partial charge in [-0.05, 0) is 26.0 Å². The van der Waals surface area contributed by atoms with Gasteiger partial charge in [0.15, 0.2) is 11.4 Å². The number of anilines is 1. The van der Waals surface area contributed by atoms with Crippen LogP contribution in [0.5, 0.6) is 5.75 Å². The van der Waals surface area contributed by atoms with Gasteiger partial charge in [0, 0.05) is 23.0 Å². The van der Waals surface area contributed by atoms with Crippen molar-refractivity contribution < 1.29 is 46.4 Å². The molecule has 3 N–H and O–H groups in total. The highest BCUT2D eigenvalue weighted by molar-refractivity contribution is 5.95. The van der Waals surface area contributed by atoms with Crippen LogP contribution in [0.2, 0.25) is 0 Å². The van der Waals surface area contributed by atoms with Crippen LogP contribution in [0.15, 0.2) is 24.4 Å². The number of rotatable bonds is 6. The summed E-state index contributed by atoms with van der Waals surface area (Å²) in [6.45, 7) is 2.72. The number of pyridine rings is 1. The molecule has 5 atom stereocenters. The number of hydrogen-bond donors (Lipinski definition) is 3. The fraction of sp³-hybridized carbons (Fsp3) is 0.478. The van der Waals surface area contributed by atoms with Crippen molar-refractivity contribution >= 4 is 11.6 Å². The molecule has 0 spiro atoms. The zero-order valence-corrected chi connectivity index (χ0v) is 19.3. The lowest BCUT2D eigenvalue weighted by molar-refractivity contribution is -0.272. The van der Waals surface area contributed by atoms with E-state index in [2.05, 4.69) is 10.3 Å². The Labute approximate surface area is 197 Å². The Kier molecular flexibility index (Phi) is 7.39. The highest BCUT2D eigenvalue weighted by Crippen LogP contribution is 2.55. The summed E-state index contributed by atoms with van der Waals surface area (Å²) in [6.07, 6.45) is -7.43. The first-order chi connectivity index (χ1) is 16.3. The number of aliphatic hydroxyl groups excluding tert-OH is 2. The average Bonchev–Trinajstić information content (AvgIpc) is 3.08. The summed E-state index contributed by atoms with van der Waals surface area (Å²) in [4.78, 5) is 16.8. The van der Waals surface area contributed by atoms with Crippen molar-refractivity contribution in [2.75, 3.05) is 19.0 Å². The molecule has 3 rings (SSSR count). The first-order valence-corrected chi connectivity index (χ1v) is 10.6. The van der Waals surface area contributed by atoms with Crippen molar-refractivity contribution in [3.8, 4) is 5.75 Å². The van der Waals surface area contributed by atoms with Gasteiger partial charge in [-0.15, -0.1) is 0 Å². The lowest BCUT2D eigenvalue weighted by Crippen LogP contribution is -2.47. The van der Waals surface area contributed by atoms with Crippen LogP contribution >= 0.6 is 0 Å². The monoisotopic (exact) mass is 504 g/mol. The Morgan fingerprint density at radius 3 is 2.54 bits per heavy atom. The van der Waals surface area contributed by atoms with Crippen LogP contribution in [0.25, 0.3) is 0 Å². The van der Waals surface area contributed by atoms with Crippen molar-refractivity contribution in [1.29, 1.82) is 0 Å². The Morgan fingerprint density at radius 2 is 1.97 bits per heavy atom. The molecule has 0 unspecified atom stereocenters. The number of nitrogens with one attached hydrogen (secondary N) is 1. The van der Waals surface area contributed by atoms with E-state index >= 15 is 0 Å². The predicted octanol–water partition coefficient (Wildman–Crippen LogP) is 3.78. The number of methoxy groups -OCH3 is 1. The third-order valence-corrected chi connectivity index (χ3v) is 6.51. The highest BCUT2D eigenvalue weighted by atomic mass is 19.4. The molecule has 1 aromatic heterocycles. The number of halogens is 5. The van der Waals surface area contributed by atoms with Gasteiger partial charge in [0.1, 0.15) is 23.8 Å². The largest absolute Gasteiger partial charge is 0.496 e. The smallest absolute Gasteiger partial charge is 0.417 e. The third kappa shape index (κ3) is 4.69. The molecule has 192 valence electrons. The molecule has 1 aliphatic rings. The van der Waals surface area contributed by atoms with Crippen LogP contribution in [0, 0.1) is 24.5 Å². The van der Waals surface area contributed by atoms with Gasteiger partial charge >= 0.3 is 6.18 Å². The van der Waals surface area contributed by atoms with Gasteiger partial charge in [0.25, 0.3) is 5.91 Å². The standard InChI is InChI=1S/C23H25F5N2O5/c1-10-13(24)6-5-12(19(10)34-4)18-11(2)22(3,23(26,27)28)35-20(18)21(33)30-15-7-16(17(32)9-31)29-8-14(15)25/h5-8,11,17-18,20,31-32H,9H2,1-4H3,(H,29,30,33)/t11-,17-,18-,20+,22+/m1/s1. The number of carbonyl (C=O) groups excluding carboxylic acids is 1. The minimum atomic E-state index is -4.87. The van der Waals surface area contributed by atoms with Gasteiger partial charge in [0.05, 0.1) is 31.3 Å². The zero-order valence-electron chi connectivity index (χ0n) is 19.3. The lowest BCUT2D eigenvalue weighted by Gasteiger charge is -2.32. The van der Waals surface area contributed by atoms with Crippen LogP contribution < -0.4 is 10.1 Å². The summed E-state index contributed by atoms with van der Waals surface area (Å²) in [5.74, 6) is -5.38.